The third-order valence-corrected chi connectivity index (χ3v) is 6.91. The van der Waals surface area contributed by atoms with Crippen molar-refractivity contribution in [1.29, 1.82) is 0 Å². The molecule has 0 unspecified atom stereocenters. The summed E-state index contributed by atoms with van der Waals surface area (Å²) < 4.78 is 0. The Morgan fingerprint density at radius 3 is 2.29 bits per heavy atom. The Labute approximate surface area is 195 Å². The summed E-state index contributed by atoms with van der Waals surface area (Å²) in [6, 6.07) is 11.2. The van der Waals surface area contributed by atoms with E-state index in [1.807, 2.05) is 0 Å². The van der Waals surface area contributed by atoms with Crippen molar-refractivity contribution in [3.05, 3.63) is 68.7 Å². The number of benzene rings is 2. The summed E-state index contributed by atoms with van der Waals surface area (Å²) in [6.07, 6.45) is 2.19. The minimum atomic E-state index is -0.476. The van der Waals surface area contributed by atoms with E-state index < -0.39 is 11.8 Å². The Bertz CT molecular complexity index is 1040. The van der Waals surface area contributed by atoms with E-state index in [9.17, 15) is 14.4 Å². The summed E-state index contributed by atoms with van der Waals surface area (Å²) in [4.78, 5) is 40.0. The first-order chi connectivity index (χ1) is 14.8. The van der Waals surface area contributed by atoms with Gasteiger partial charge in [-0.15, -0.1) is 0 Å². The Kier molecular flexibility index (Phi) is 6.29. The van der Waals surface area contributed by atoms with Gasteiger partial charge < -0.3 is 0 Å². The molecule has 5 nitrogen and oxygen atoms in total. The Morgan fingerprint density at radius 2 is 1.61 bits per heavy atom. The number of carbonyl (C=O) groups excluding carboxylic acids is 3. The maximum Gasteiger partial charge on any atom is 0.273 e. The van der Waals surface area contributed by atoms with Gasteiger partial charge in [-0.2, -0.15) is 5.01 Å². The lowest BCUT2D eigenvalue weighted by Gasteiger charge is -2.31. The van der Waals surface area contributed by atoms with Gasteiger partial charge in [0.2, 0.25) is 0 Å². The van der Waals surface area contributed by atoms with Crippen molar-refractivity contribution in [2.45, 2.75) is 32.7 Å². The number of halogens is 3. The van der Waals surface area contributed by atoms with Crippen LogP contribution in [0, 0.1) is 17.8 Å². The lowest BCUT2D eigenvalue weighted by molar-refractivity contribution is -0.155. The molecule has 1 saturated heterocycles. The molecule has 0 N–H and O–H groups in total. The molecule has 0 radical (unpaired) electrons. The first-order valence-electron chi connectivity index (χ1n) is 10.2. The first kappa shape index (κ1) is 22.1. The van der Waals surface area contributed by atoms with Crippen LogP contribution in [0.15, 0.2) is 42.5 Å². The van der Waals surface area contributed by atoms with Crippen molar-refractivity contribution >= 4 is 52.5 Å². The number of hydrogen-bond donors (Lipinski definition) is 0. The number of nitrogens with zero attached hydrogens (tertiary/aromatic N) is 2. The summed E-state index contributed by atoms with van der Waals surface area (Å²) in [6.45, 7) is 2.05. The molecular weight excluding hydrogens is 459 g/mol. The van der Waals surface area contributed by atoms with Gasteiger partial charge in [0, 0.05) is 20.6 Å². The second-order valence-electron chi connectivity index (χ2n) is 8.22. The molecule has 2 aromatic carbocycles. The maximum absolute atomic E-state index is 13.5. The van der Waals surface area contributed by atoms with Gasteiger partial charge in [0.1, 0.15) is 0 Å². The highest BCUT2D eigenvalue weighted by Crippen LogP contribution is 2.41. The standard InChI is InChI=1S/C23H21Cl3N2O3/c1-13-2-9-18-19(10-13)23(31)28(22(18)30)27(12-15-5-8-17(25)11-20(15)26)21(29)14-3-6-16(24)7-4-14/h3-8,11,13,18-19H,2,9-10,12H2,1H3/t13-,18-,19-/m1/s1. The maximum atomic E-state index is 13.5. The Hall–Kier alpha value is -2.08. The van der Waals surface area contributed by atoms with Crippen molar-refractivity contribution in [3.8, 4) is 0 Å². The third kappa shape index (κ3) is 4.32. The van der Waals surface area contributed by atoms with E-state index in [2.05, 4.69) is 6.92 Å². The van der Waals surface area contributed by atoms with E-state index in [1.165, 1.54) is 5.01 Å². The Morgan fingerprint density at radius 1 is 0.968 bits per heavy atom. The summed E-state index contributed by atoms with van der Waals surface area (Å²) >= 11 is 18.3. The van der Waals surface area contributed by atoms with Crippen molar-refractivity contribution in [2.75, 3.05) is 0 Å². The molecular formula is C23H21Cl3N2O3. The summed E-state index contributed by atoms with van der Waals surface area (Å²) in [5.74, 6) is -1.54. The SMILES string of the molecule is C[C@@H]1CC[C@H]2C(=O)N(N(Cc3ccc(Cl)cc3Cl)C(=O)c3ccc(Cl)cc3)C(=O)[C@@H]2C1. The van der Waals surface area contributed by atoms with E-state index in [-0.39, 0.29) is 24.3 Å². The molecule has 3 atom stereocenters. The van der Waals surface area contributed by atoms with Crippen LogP contribution in [0.25, 0.3) is 0 Å². The zero-order valence-electron chi connectivity index (χ0n) is 16.9. The zero-order chi connectivity index (χ0) is 22.3. The van der Waals surface area contributed by atoms with Crippen molar-refractivity contribution in [2.24, 2.45) is 17.8 Å². The fraction of sp³-hybridized carbons (Fsp3) is 0.348. The quantitative estimate of drug-likeness (QED) is 0.534. The second kappa shape index (κ2) is 8.81. The highest BCUT2D eigenvalue weighted by atomic mass is 35.5. The monoisotopic (exact) mass is 478 g/mol. The molecule has 2 fully saturated rings. The highest BCUT2D eigenvalue weighted by molar-refractivity contribution is 6.35. The average Bonchev–Trinajstić information content (AvgIpc) is 2.97. The molecule has 1 saturated carbocycles. The molecule has 3 amide bonds. The average molecular weight is 480 g/mol. The summed E-state index contributed by atoms with van der Waals surface area (Å²) in [5.41, 5.74) is 0.899. The number of hydrogen-bond acceptors (Lipinski definition) is 3. The van der Waals surface area contributed by atoms with E-state index >= 15 is 0 Å². The van der Waals surface area contributed by atoms with Crippen LogP contribution < -0.4 is 0 Å². The van der Waals surface area contributed by atoms with Crippen LogP contribution in [-0.4, -0.2) is 27.7 Å². The molecule has 1 aliphatic carbocycles. The number of hydrazine groups is 1. The molecule has 0 bridgehead atoms. The molecule has 8 heteroatoms. The van der Waals surface area contributed by atoms with Gasteiger partial charge in [-0.3, -0.25) is 14.4 Å². The number of imide groups is 1. The molecule has 1 aliphatic heterocycles. The normalized spacial score (nSPS) is 23.1. The highest BCUT2D eigenvalue weighted by Gasteiger charge is 2.52. The van der Waals surface area contributed by atoms with Crippen LogP contribution in [0.1, 0.15) is 42.1 Å². The van der Waals surface area contributed by atoms with E-state index in [1.54, 1.807) is 42.5 Å². The van der Waals surface area contributed by atoms with Crippen LogP contribution in [0.4, 0.5) is 0 Å². The molecule has 4 rings (SSSR count). The summed E-state index contributed by atoms with van der Waals surface area (Å²) in [7, 11) is 0. The number of amides is 3. The van der Waals surface area contributed by atoms with Crippen LogP contribution in [0.5, 0.6) is 0 Å². The van der Waals surface area contributed by atoms with Gasteiger partial charge in [0.15, 0.2) is 0 Å². The van der Waals surface area contributed by atoms with Gasteiger partial charge >= 0.3 is 0 Å². The van der Waals surface area contributed by atoms with E-state index in [0.717, 1.165) is 11.4 Å². The number of rotatable bonds is 4. The minimum absolute atomic E-state index is 0.0378. The van der Waals surface area contributed by atoms with E-state index in [4.69, 9.17) is 34.8 Å². The smallest absolute Gasteiger partial charge is 0.272 e. The minimum Gasteiger partial charge on any atom is -0.272 e. The fourth-order valence-electron chi connectivity index (χ4n) is 4.40. The van der Waals surface area contributed by atoms with Gasteiger partial charge in [-0.05, 0) is 67.1 Å². The molecule has 162 valence electrons. The summed E-state index contributed by atoms with van der Waals surface area (Å²) in [5, 5.41) is 3.53. The third-order valence-electron chi connectivity index (χ3n) is 6.07. The van der Waals surface area contributed by atoms with Crippen LogP contribution in [0.2, 0.25) is 15.1 Å². The lowest BCUT2D eigenvalue weighted by Crippen LogP contribution is -2.49. The second-order valence-corrected chi connectivity index (χ2v) is 9.50. The number of fused-ring (bicyclic) bond motifs is 1. The lowest BCUT2D eigenvalue weighted by atomic mass is 9.76. The van der Waals surface area contributed by atoms with Crippen molar-refractivity contribution < 1.29 is 14.4 Å². The largest absolute Gasteiger partial charge is 0.273 e. The van der Waals surface area contributed by atoms with Crippen LogP contribution in [0.3, 0.4) is 0 Å². The predicted molar refractivity (Wildman–Crippen MR) is 120 cm³/mol. The molecule has 1 heterocycles. The van der Waals surface area contributed by atoms with Gasteiger partial charge in [-0.1, -0.05) is 47.8 Å². The van der Waals surface area contributed by atoms with Gasteiger partial charge in [0.25, 0.3) is 17.7 Å². The van der Waals surface area contributed by atoms with Crippen molar-refractivity contribution in [3.63, 3.8) is 0 Å². The van der Waals surface area contributed by atoms with E-state index in [0.29, 0.717) is 45.0 Å². The predicted octanol–water partition coefficient (Wildman–Crippen LogP) is 5.63. The van der Waals surface area contributed by atoms with Crippen LogP contribution >= 0.6 is 34.8 Å². The zero-order valence-corrected chi connectivity index (χ0v) is 19.1. The molecule has 2 aliphatic rings. The van der Waals surface area contributed by atoms with Gasteiger partial charge in [-0.25, -0.2) is 5.01 Å². The molecule has 0 aromatic heterocycles. The molecule has 0 spiro atoms. The topological polar surface area (TPSA) is 57.7 Å². The fourth-order valence-corrected chi connectivity index (χ4v) is 4.99. The molecule has 2 aromatic rings. The molecule has 31 heavy (non-hydrogen) atoms. The Balaban J connectivity index is 1.72. The first-order valence-corrected chi connectivity index (χ1v) is 11.3. The van der Waals surface area contributed by atoms with Crippen LogP contribution in [-0.2, 0) is 16.1 Å². The van der Waals surface area contributed by atoms with Gasteiger partial charge in [0.05, 0.1) is 18.4 Å². The van der Waals surface area contributed by atoms with Crippen molar-refractivity contribution in [1.82, 2.24) is 10.0 Å². The number of carbonyl (C=O) groups is 3.